The molecule has 3 atom stereocenters. The lowest BCUT2D eigenvalue weighted by Crippen LogP contribution is -2.37. The summed E-state index contributed by atoms with van der Waals surface area (Å²) >= 11 is 0. The summed E-state index contributed by atoms with van der Waals surface area (Å²) < 4.78 is 0. The van der Waals surface area contributed by atoms with Crippen LogP contribution in [0.5, 0.6) is 0 Å². The van der Waals surface area contributed by atoms with E-state index in [2.05, 4.69) is 40.5 Å². The van der Waals surface area contributed by atoms with Crippen molar-refractivity contribution in [2.24, 2.45) is 5.92 Å². The standard InChI is InChI=1S/C18H28N2O/c21-18-8-4-7-16(11-18)12-19-17-9-10-20(14-17)13-15-5-2-1-3-6-15/h1-3,5-6,16-19,21H,4,7-14H2. The molecule has 1 aliphatic heterocycles. The SMILES string of the molecule is OC1CCCC(CNC2CCN(Cc3ccccc3)C2)C1. The molecule has 3 nitrogen and oxygen atoms in total. The van der Waals surface area contributed by atoms with E-state index in [0.29, 0.717) is 12.0 Å². The van der Waals surface area contributed by atoms with Gasteiger partial charge in [0.25, 0.3) is 0 Å². The van der Waals surface area contributed by atoms with Gasteiger partial charge in [0.2, 0.25) is 0 Å². The number of hydrogen-bond acceptors (Lipinski definition) is 3. The van der Waals surface area contributed by atoms with Crippen molar-refractivity contribution in [2.75, 3.05) is 19.6 Å². The number of hydrogen-bond donors (Lipinski definition) is 2. The van der Waals surface area contributed by atoms with Crippen molar-refractivity contribution < 1.29 is 5.11 Å². The van der Waals surface area contributed by atoms with Crippen molar-refractivity contribution in [3.05, 3.63) is 35.9 Å². The Labute approximate surface area is 128 Å². The van der Waals surface area contributed by atoms with Crippen molar-refractivity contribution in [1.29, 1.82) is 0 Å². The molecule has 0 bridgehead atoms. The molecule has 1 aromatic carbocycles. The molecule has 116 valence electrons. The minimum absolute atomic E-state index is 0.0521. The third-order valence-electron chi connectivity index (χ3n) is 4.97. The highest BCUT2D eigenvalue weighted by Crippen LogP contribution is 2.24. The molecule has 0 aromatic heterocycles. The molecule has 1 saturated carbocycles. The van der Waals surface area contributed by atoms with E-state index < -0.39 is 0 Å². The maximum atomic E-state index is 9.74. The van der Waals surface area contributed by atoms with Crippen LogP contribution in [0.3, 0.4) is 0 Å². The zero-order chi connectivity index (χ0) is 14.5. The van der Waals surface area contributed by atoms with Crippen molar-refractivity contribution in [3.8, 4) is 0 Å². The molecule has 0 spiro atoms. The third-order valence-corrected chi connectivity index (χ3v) is 4.97. The van der Waals surface area contributed by atoms with E-state index >= 15 is 0 Å². The lowest BCUT2D eigenvalue weighted by atomic mass is 9.87. The second-order valence-corrected chi connectivity index (χ2v) is 6.80. The summed E-state index contributed by atoms with van der Waals surface area (Å²) in [5.74, 6) is 0.678. The number of aliphatic hydroxyl groups is 1. The summed E-state index contributed by atoms with van der Waals surface area (Å²) in [5.41, 5.74) is 1.41. The van der Waals surface area contributed by atoms with E-state index in [1.54, 1.807) is 0 Å². The number of nitrogens with zero attached hydrogens (tertiary/aromatic N) is 1. The average molecular weight is 288 g/mol. The van der Waals surface area contributed by atoms with Gasteiger partial charge in [-0.2, -0.15) is 0 Å². The van der Waals surface area contributed by atoms with E-state index in [-0.39, 0.29) is 6.10 Å². The minimum atomic E-state index is -0.0521. The summed E-state index contributed by atoms with van der Waals surface area (Å²) in [6.07, 6.45) is 5.67. The summed E-state index contributed by atoms with van der Waals surface area (Å²) in [4.78, 5) is 2.54. The summed E-state index contributed by atoms with van der Waals surface area (Å²) in [6, 6.07) is 11.4. The molecule has 1 aliphatic carbocycles. The van der Waals surface area contributed by atoms with Gasteiger partial charge in [0.1, 0.15) is 0 Å². The molecule has 2 fully saturated rings. The Balaban J connectivity index is 1.38. The van der Waals surface area contributed by atoms with Crippen LogP contribution in [0.4, 0.5) is 0 Å². The molecule has 2 aliphatic rings. The fraction of sp³-hybridized carbons (Fsp3) is 0.667. The number of rotatable bonds is 5. The number of likely N-dealkylation sites (tertiary alicyclic amines) is 1. The molecule has 21 heavy (non-hydrogen) atoms. The van der Waals surface area contributed by atoms with Gasteiger partial charge in [0, 0.05) is 25.7 Å². The predicted octanol–water partition coefficient (Wildman–Crippen LogP) is 2.40. The highest BCUT2D eigenvalue weighted by atomic mass is 16.3. The largest absolute Gasteiger partial charge is 0.393 e. The van der Waals surface area contributed by atoms with Crippen LogP contribution < -0.4 is 5.32 Å². The molecule has 3 unspecified atom stereocenters. The molecule has 3 heteroatoms. The second-order valence-electron chi connectivity index (χ2n) is 6.80. The fourth-order valence-corrected chi connectivity index (χ4v) is 3.77. The van der Waals surface area contributed by atoms with E-state index in [1.165, 1.54) is 31.4 Å². The molecular formula is C18H28N2O. The lowest BCUT2D eigenvalue weighted by Gasteiger charge is -2.27. The van der Waals surface area contributed by atoms with Crippen LogP contribution in [-0.4, -0.2) is 41.8 Å². The first-order chi connectivity index (χ1) is 10.3. The average Bonchev–Trinajstić information content (AvgIpc) is 2.94. The Bertz CT molecular complexity index is 422. The topological polar surface area (TPSA) is 35.5 Å². The highest BCUT2D eigenvalue weighted by molar-refractivity contribution is 5.14. The maximum absolute atomic E-state index is 9.74. The first-order valence-corrected chi connectivity index (χ1v) is 8.47. The molecule has 2 N–H and O–H groups in total. The van der Waals surface area contributed by atoms with Gasteiger partial charge >= 0.3 is 0 Å². The zero-order valence-electron chi connectivity index (χ0n) is 12.9. The summed E-state index contributed by atoms with van der Waals surface area (Å²) in [7, 11) is 0. The Morgan fingerprint density at radius 1 is 1.14 bits per heavy atom. The van der Waals surface area contributed by atoms with Crippen LogP contribution in [0.15, 0.2) is 30.3 Å². The van der Waals surface area contributed by atoms with Gasteiger partial charge in [-0.3, -0.25) is 4.90 Å². The van der Waals surface area contributed by atoms with Crippen LogP contribution in [0, 0.1) is 5.92 Å². The van der Waals surface area contributed by atoms with Crippen LogP contribution in [0.25, 0.3) is 0 Å². The van der Waals surface area contributed by atoms with Crippen LogP contribution in [0.2, 0.25) is 0 Å². The molecule has 0 radical (unpaired) electrons. The normalized spacial score (nSPS) is 30.6. The third kappa shape index (κ3) is 4.53. The summed E-state index contributed by atoms with van der Waals surface area (Å²) in [5, 5.41) is 13.5. The van der Waals surface area contributed by atoms with Gasteiger partial charge in [-0.15, -0.1) is 0 Å². The van der Waals surface area contributed by atoms with E-state index in [9.17, 15) is 5.11 Å². The minimum Gasteiger partial charge on any atom is -0.393 e. The summed E-state index contributed by atoms with van der Waals surface area (Å²) in [6.45, 7) is 4.51. The van der Waals surface area contributed by atoms with Gasteiger partial charge in [-0.25, -0.2) is 0 Å². The second kappa shape index (κ2) is 7.39. The van der Waals surface area contributed by atoms with E-state index in [1.807, 2.05) is 0 Å². The van der Waals surface area contributed by atoms with Crippen LogP contribution in [-0.2, 0) is 6.54 Å². The number of nitrogens with one attached hydrogen (secondary N) is 1. The van der Waals surface area contributed by atoms with Crippen molar-refractivity contribution in [2.45, 2.75) is 50.8 Å². The molecule has 1 aromatic rings. The van der Waals surface area contributed by atoms with Crippen LogP contribution >= 0.6 is 0 Å². The van der Waals surface area contributed by atoms with Gasteiger partial charge in [-0.05, 0) is 43.7 Å². The van der Waals surface area contributed by atoms with Crippen molar-refractivity contribution in [1.82, 2.24) is 10.2 Å². The molecular weight excluding hydrogens is 260 g/mol. The van der Waals surface area contributed by atoms with E-state index in [4.69, 9.17) is 0 Å². The lowest BCUT2D eigenvalue weighted by molar-refractivity contribution is 0.0996. The van der Waals surface area contributed by atoms with Gasteiger partial charge in [0.15, 0.2) is 0 Å². The Hall–Kier alpha value is -0.900. The first-order valence-electron chi connectivity index (χ1n) is 8.47. The first kappa shape index (κ1) is 15.0. The molecule has 3 rings (SSSR count). The highest BCUT2D eigenvalue weighted by Gasteiger charge is 2.24. The molecule has 0 amide bonds. The van der Waals surface area contributed by atoms with E-state index in [0.717, 1.165) is 32.5 Å². The Morgan fingerprint density at radius 3 is 2.81 bits per heavy atom. The smallest absolute Gasteiger partial charge is 0.0543 e. The maximum Gasteiger partial charge on any atom is 0.0543 e. The number of aliphatic hydroxyl groups excluding tert-OH is 1. The van der Waals surface area contributed by atoms with Gasteiger partial charge < -0.3 is 10.4 Å². The Kier molecular flexibility index (Phi) is 5.28. The Morgan fingerprint density at radius 2 is 2.00 bits per heavy atom. The predicted molar refractivity (Wildman–Crippen MR) is 86.1 cm³/mol. The zero-order valence-corrected chi connectivity index (χ0v) is 12.9. The van der Waals surface area contributed by atoms with Crippen LogP contribution in [0.1, 0.15) is 37.7 Å². The van der Waals surface area contributed by atoms with Crippen molar-refractivity contribution >= 4 is 0 Å². The van der Waals surface area contributed by atoms with Gasteiger partial charge in [0.05, 0.1) is 6.10 Å². The monoisotopic (exact) mass is 288 g/mol. The molecule has 1 saturated heterocycles. The van der Waals surface area contributed by atoms with Gasteiger partial charge in [-0.1, -0.05) is 36.8 Å². The van der Waals surface area contributed by atoms with Crippen molar-refractivity contribution in [3.63, 3.8) is 0 Å². The molecule has 1 heterocycles. The quantitative estimate of drug-likeness (QED) is 0.873. The fourth-order valence-electron chi connectivity index (χ4n) is 3.77. The number of benzene rings is 1.